The number of carbonyl (C=O) groups is 3. The number of benzene rings is 1. The number of hydrogen-bond donors (Lipinski definition) is 3. The average Bonchev–Trinajstić information content (AvgIpc) is 2.52. The van der Waals surface area contributed by atoms with Crippen molar-refractivity contribution >= 4 is 17.8 Å². The number of rotatable bonds is 10. The van der Waals surface area contributed by atoms with Crippen LogP contribution in [0.15, 0.2) is 24.3 Å². The van der Waals surface area contributed by atoms with Gasteiger partial charge in [-0.25, -0.2) is 0 Å². The molecule has 0 unspecified atom stereocenters. The zero-order chi connectivity index (χ0) is 18.8. The molecule has 0 spiro atoms. The number of ether oxygens (including phenoxy) is 1. The molecule has 0 aliphatic carbocycles. The molecule has 0 heterocycles. The summed E-state index contributed by atoms with van der Waals surface area (Å²) in [6, 6.07) is 6.62. The lowest BCUT2D eigenvalue weighted by molar-refractivity contribution is -0.137. The van der Waals surface area contributed by atoms with E-state index in [1.165, 1.54) is 0 Å². The van der Waals surface area contributed by atoms with Crippen LogP contribution in [0.25, 0.3) is 0 Å². The number of amides is 2. The van der Waals surface area contributed by atoms with Crippen molar-refractivity contribution in [2.75, 3.05) is 13.2 Å². The van der Waals surface area contributed by atoms with E-state index in [0.717, 1.165) is 5.56 Å². The number of aliphatic carboxylic acids is 1. The predicted molar refractivity (Wildman–Crippen MR) is 93.3 cm³/mol. The predicted octanol–water partition coefficient (Wildman–Crippen LogP) is 1.50. The molecule has 1 atom stereocenters. The lowest BCUT2D eigenvalue weighted by atomic mass is 10.0. The summed E-state index contributed by atoms with van der Waals surface area (Å²) in [7, 11) is 0. The zero-order valence-electron chi connectivity index (χ0n) is 14.9. The molecule has 7 nitrogen and oxygen atoms in total. The Labute approximate surface area is 147 Å². The van der Waals surface area contributed by atoms with E-state index in [4.69, 9.17) is 9.84 Å². The van der Waals surface area contributed by atoms with Crippen LogP contribution in [0.1, 0.15) is 32.3 Å². The van der Waals surface area contributed by atoms with E-state index in [1.54, 1.807) is 6.07 Å². The number of carboxylic acids is 1. The van der Waals surface area contributed by atoms with Crippen molar-refractivity contribution in [3.05, 3.63) is 29.8 Å². The van der Waals surface area contributed by atoms with Crippen molar-refractivity contribution in [2.45, 2.75) is 39.7 Å². The van der Waals surface area contributed by atoms with Gasteiger partial charge in [0.25, 0.3) is 5.91 Å². The second kappa shape index (κ2) is 10.3. The van der Waals surface area contributed by atoms with Crippen molar-refractivity contribution in [3.63, 3.8) is 0 Å². The highest BCUT2D eigenvalue weighted by molar-refractivity contribution is 5.88. The Bertz CT molecular complexity index is 601. The first-order valence-corrected chi connectivity index (χ1v) is 8.27. The first-order valence-electron chi connectivity index (χ1n) is 8.27. The highest BCUT2D eigenvalue weighted by atomic mass is 16.5. The molecule has 0 saturated heterocycles. The molecule has 1 aromatic rings. The average molecular weight is 350 g/mol. The minimum atomic E-state index is -0.989. The molecule has 3 N–H and O–H groups in total. The van der Waals surface area contributed by atoms with Crippen LogP contribution in [0.4, 0.5) is 0 Å². The number of carbonyl (C=O) groups excluding carboxylic acids is 2. The molecule has 0 fully saturated rings. The molecule has 0 saturated carbocycles. The van der Waals surface area contributed by atoms with Crippen LogP contribution in [-0.4, -0.2) is 42.1 Å². The van der Waals surface area contributed by atoms with Crippen molar-refractivity contribution < 1.29 is 24.2 Å². The molecule has 2 amide bonds. The Balaban J connectivity index is 2.55. The molecule has 0 aromatic heterocycles. The summed E-state index contributed by atoms with van der Waals surface area (Å²) >= 11 is 0. The first kappa shape index (κ1) is 20.5. The van der Waals surface area contributed by atoms with Gasteiger partial charge in [0, 0.05) is 6.54 Å². The third-order valence-electron chi connectivity index (χ3n) is 3.45. The van der Waals surface area contributed by atoms with E-state index in [0.29, 0.717) is 12.2 Å². The molecule has 0 bridgehead atoms. The van der Waals surface area contributed by atoms with Crippen molar-refractivity contribution in [1.82, 2.24) is 10.6 Å². The first-order chi connectivity index (χ1) is 11.8. The van der Waals surface area contributed by atoms with Crippen molar-refractivity contribution in [3.8, 4) is 5.75 Å². The number of hydrogen-bond acceptors (Lipinski definition) is 4. The summed E-state index contributed by atoms with van der Waals surface area (Å²) in [5.74, 6) is -0.977. The van der Waals surface area contributed by atoms with Gasteiger partial charge in [-0.2, -0.15) is 0 Å². The van der Waals surface area contributed by atoms with Crippen LogP contribution < -0.4 is 15.4 Å². The molecule has 0 radical (unpaired) electrons. The Hall–Kier alpha value is -2.57. The highest BCUT2D eigenvalue weighted by Crippen LogP contribution is 2.15. The molecule has 0 aliphatic heterocycles. The monoisotopic (exact) mass is 350 g/mol. The van der Waals surface area contributed by atoms with Crippen LogP contribution in [0.2, 0.25) is 0 Å². The van der Waals surface area contributed by atoms with Crippen LogP contribution in [-0.2, 0) is 14.4 Å². The second-order valence-corrected chi connectivity index (χ2v) is 6.24. The Morgan fingerprint density at radius 1 is 1.20 bits per heavy atom. The third kappa shape index (κ3) is 8.19. The molecule has 1 aromatic carbocycles. The van der Waals surface area contributed by atoms with Gasteiger partial charge in [-0.15, -0.1) is 0 Å². The second-order valence-electron chi connectivity index (χ2n) is 6.24. The standard InChI is InChI=1S/C18H26N2O5/c1-12(2)10-14(18(24)19-9-8-17(22)23)20-16(21)11-25-15-7-5-4-6-13(15)3/h4-7,12,14H,8-11H2,1-3H3,(H,19,24)(H,20,21)(H,22,23)/t14-/m0/s1. The summed E-state index contributed by atoms with van der Waals surface area (Å²) in [4.78, 5) is 34.8. The van der Waals surface area contributed by atoms with E-state index < -0.39 is 17.9 Å². The van der Waals surface area contributed by atoms with Crippen molar-refractivity contribution in [2.24, 2.45) is 5.92 Å². The van der Waals surface area contributed by atoms with E-state index in [2.05, 4.69) is 10.6 Å². The molecule has 7 heteroatoms. The van der Waals surface area contributed by atoms with Crippen LogP contribution >= 0.6 is 0 Å². The summed E-state index contributed by atoms with van der Waals surface area (Å²) in [6.45, 7) is 5.59. The van der Waals surface area contributed by atoms with Gasteiger partial charge in [-0.05, 0) is 30.9 Å². The highest BCUT2D eigenvalue weighted by Gasteiger charge is 2.22. The van der Waals surface area contributed by atoms with E-state index in [1.807, 2.05) is 39.0 Å². The van der Waals surface area contributed by atoms with Crippen LogP contribution in [0, 0.1) is 12.8 Å². The Morgan fingerprint density at radius 3 is 2.48 bits per heavy atom. The number of aryl methyl sites for hydroxylation is 1. The SMILES string of the molecule is Cc1ccccc1OCC(=O)N[C@@H](CC(C)C)C(=O)NCCC(=O)O. The van der Waals surface area contributed by atoms with Crippen LogP contribution in [0.5, 0.6) is 5.75 Å². The molecule has 138 valence electrons. The van der Waals surface area contributed by atoms with Crippen molar-refractivity contribution in [1.29, 1.82) is 0 Å². The van der Waals surface area contributed by atoms with Gasteiger partial charge in [0.2, 0.25) is 5.91 Å². The Kier molecular flexibility index (Phi) is 8.46. The van der Waals surface area contributed by atoms with E-state index in [-0.39, 0.29) is 31.4 Å². The smallest absolute Gasteiger partial charge is 0.305 e. The summed E-state index contributed by atoms with van der Waals surface area (Å²) in [5.41, 5.74) is 0.917. The Morgan fingerprint density at radius 2 is 1.88 bits per heavy atom. The lowest BCUT2D eigenvalue weighted by Gasteiger charge is -2.20. The van der Waals surface area contributed by atoms with E-state index in [9.17, 15) is 14.4 Å². The normalized spacial score (nSPS) is 11.7. The van der Waals surface area contributed by atoms with Gasteiger partial charge in [0.15, 0.2) is 6.61 Å². The summed E-state index contributed by atoms with van der Waals surface area (Å²) in [5, 5.41) is 13.8. The lowest BCUT2D eigenvalue weighted by Crippen LogP contribution is -2.49. The maximum Gasteiger partial charge on any atom is 0.305 e. The van der Waals surface area contributed by atoms with Gasteiger partial charge in [0.05, 0.1) is 6.42 Å². The molecule has 1 rings (SSSR count). The van der Waals surface area contributed by atoms with Gasteiger partial charge >= 0.3 is 5.97 Å². The quantitative estimate of drug-likeness (QED) is 0.593. The van der Waals surface area contributed by atoms with Gasteiger partial charge in [-0.3, -0.25) is 14.4 Å². The van der Waals surface area contributed by atoms with Gasteiger partial charge in [0.1, 0.15) is 11.8 Å². The number of carboxylic acid groups (broad SMARTS) is 1. The van der Waals surface area contributed by atoms with Crippen LogP contribution in [0.3, 0.4) is 0 Å². The molecule has 0 aliphatic rings. The topological polar surface area (TPSA) is 105 Å². The fraction of sp³-hybridized carbons (Fsp3) is 0.500. The maximum absolute atomic E-state index is 12.2. The number of nitrogens with one attached hydrogen (secondary N) is 2. The fourth-order valence-corrected chi connectivity index (χ4v) is 2.22. The largest absolute Gasteiger partial charge is 0.484 e. The summed E-state index contributed by atoms with van der Waals surface area (Å²) in [6.07, 6.45) is 0.291. The van der Waals surface area contributed by atoms with E-state index >= 15 is 0 Å². The van der Waals surface area contributed by atoms with Gasteiger partial charge < -0.3 is 20.5 Å². The number of para-hydroxylation sites is 1. The summed E-state index contributed by atoms with van der Waals surface area (Å²) < 4.78 is 5.48. The van der Waals surface area contributed by atoms with Gasteiger partial charge in [-0.1, -0.05) is 32.0 Å². The molecule has 25 heavy (non-hydrogen) atoms. The minimum absolute atomic E-state index is 0.0261. The zero-order valence-corrected chi connectivity index (χ0v) is 14.9. The third-order valence-corrected chi connectivity index (χ3v) is 3.45. The minimum Gasteiger partial charge on any atom is -0.484 e. The molecular formula is C18H26N2O5. The fourth-order valence-electron chi connectivity index (χ4n) is 2.22. The maximum atomic E-state index is 12.2. The molecular weight excluding hydrogens is 324 g/mol.